The first kappa shape index (κ1) is 14.8. The molecule has 2 heterocycles. The van der Waals surface area contributed by atoms with Crippen molar-refractivity contribution in [3.05, 3.63) is 0 Å². The van der Waals surface area contributed by atoms with Crippen molar-refractivity contribution < 1.29 is 4.74 Å². The second-order valence-corrected chi connectivity index (χ2v) is 7.34. The van der Waals surface area contributed by atoms with Crippen LogP contribution in [0.1, 0.15) is 52.4 Å². The molecule has 3 fully saturated rings. The second kappa shape index (κ2) is 6.76. The summed E-state index contributed by atoms with van der Waals surface area (Å²) in [6.07, 6.45) is 8.97. The molecule has 1 N–H and O–H groups in total. The van der Waals surface area contributed by atoms with Gasteiger partial charge in [-0.3, -0.25) is 4.90 Å². The van der Waals surface area contributed by atoms with Crippen LogP contribution in [0.4, 0.5) is 0 Å². The molecular formula is C17H32N2O. The molecule has 0 spiro atoms. The third kappa shape index (κ3) is 3.37. The highest BCUT2D eigenvalue weighted by molar-refractivity contribution is 4.90. The summed E-state index contributed by atoms with van der Waals surface area (Å²) in [4.78, 5) is 2.74. The maximum atomic E-state index is 5.74. The van der Waals surface area contributed by atoms with Crippen LogP contribution in [0.3, 0.4) is 0 Å². The van der Waals surface area contributed by atoms with Crippen LogP contribution in [-0.4, -0.2) is 49.3 Å². The highest BCUT2D eigenvalue weighted by Gasteiger charge is 2.34. The minimum absolute atomic E-state index is 0.463. The van der Waals surface area contributed by atoms with Crippen LogP contribution in [0, 0.1) is 11.8 Å². The molecule has 4 unspecified atom stereocenters. The lowest BCUT2D eigenvalue weighted by Crippen LogP contribution is -2.59. The molecule has 3 aliphatic rings. The zero-order chi connectivity index (χ0) is 13.9. The molecule has 0 aromatic rings. The van der Waals surface area contributed by atoms with Crippen LogP contribution in [0.25, 0.3) is 0 Å². The summed E-state index contributed by atoms with van der Waals surface area (Å²) in [6.45, 7) is 9.28. The summed E-state index contributed by atoms with van der Waals surface area (Å²) < 4.78 is 5.74. The minimum Gasteiger partial charge on any atom is -0.378 e. The van der Waals surface area contributed by atoms with E-state index in [1.165, 1.54) is 58.2 Å². The Bertz CT molecular complexity index is 303. The lowest BCUT2D eigenvalue weighted by molar-refractivity contribution is 0.0601. The highest BCUT2D eigenvalue weighted by atomic mass is 16.5. The first-order valence-electron chi connectivity index (χ1n) is 8.83. The quantitative estimate of drug-likeness (QED) is 0.860. The van der Waals surface area contributed by atoms with Gasteiger partial charge in [-0.25, -0.2) is 0 Å². The van der Waals surface area contributed by atoms with Gasteiger partial charge >= 0.3 is 0 Å². The maximum Gasteiger partial charge on any atom is 0.0588 e. The lowest BCUT2D eigenvalue weighted by Gasteiger charge is -2.44. The lowest BCUT2D eigenvalue weighted by atomic mass is 9.82. The molecule has 2 saturated heterocycles. The first-order valence-corrected chi connectivity index (χ1v) is 8.83. The Labute approximate surface area is 124 Å². The van der Waals surface area contributed by atoms with Crippen LogP contribution < -0.4 is 5.32 Å². The standard InChI is InChI=1S/C17H32N2O/c1-13-10-18-17(15-6-4-3-5-7-15)12-19(13)11-16-8-9-20-14(16)2/h13-18H,3-12H2,1-2H3. The largest absolute Gasteiger partial charge is 0.378 e. The Morgan fingerprint density at radius 3 is 2.60 bits per heavy atom. The topological polar surface area (TPSA) is 24.5 Å². The van der Waals surface area contributed by atoms with Crippen molar-refractivity contribution in [3.8, 4) is 0 Å². The summed E-state index contributed by atoms with van der Waals surface area (Å²) >= 11 is 0. The molecule has 2 aliphatic heterocycles. The molecule has 3 heteroatoms. The van der Waals surface area contributed by atoms with Crippen LogP contribution in [0.2, 0.25) is 0 Å². The predicted molar refractivity (Wildman–Crippen MR) is 82.9 cm³/mol. The molecule has 20 heavy (non-hydrogen) atoms. The highest BCUT2D eigenvalue weighted by Crippen LogP contribution is 2.29. The smallest absolute Gasteiger partial charge is 0.0588 e. The van der Waals surface area contributed by atoms with E-state index in [4.69, 9.17) is 4.74 Å². The SMILES string of the molecule is CC1OCCC1CN1CC(C2CCCCC2)NCC1C. The summed E-state index contributed by atoms with van der Waals surface area (Å²) in [5.74, 6) is 1.68. The summed E-state index contributed by atoms with van der Waals surface area (Å²) in [5, 5.41) is 3.83. The van der Waals surface area contributed by atoms with Gasteiger partial charge in [0.1, 0.15) is 0 Å². The Balaban J connectivity index is 1.55. The van der Waals surface area contributed by atoms with Gasteiger partial charge < -0.3 is 10.1 Å². The van der Waals surface area contributed by atoms with Gasteiger partial charge in [0.2, 0.25) is 0 Å². The van der Waals surface area contributed by atoms with Crippen LogP contribution >= 0.6 is 0 Å². The first-order chi connectivity index (χ1) is 9.74. The van der Waals surface area contributed by atoms with Crippen molar-refractivity contribution in [2.45, 2.75) is 70.6 Å². The van der Waals surface area contributed by atoms with E-state index < -0.39 is 0 Å². The molecular weight excluding hydrogens is 248 g/mol. The molecule has 0 bridgehead atoms. The Morgan fingerprint density at radius 1 is 1.10 bits per heavy atom. The van der Waals surface area contributed by atoms with Crippen molar-refractivity contribution in [2.24, 2.45) is 11.8 Å². The molecule has 0 amide bonds. The molecule has 3 nitrogen and oxygen atoms in total. The molecule has 1 aliphatic carbocycles. The molecule has 0 aromatic carbocycles. The van der Waals surface area contributed by atoms with Gasteiger partial charge in [-0.05, 0) is 44.9 Å². The van der Waals surface area contributed by atoms with Crippen LogP contribution in [0.15, 0.2) is 0 Å². The molecule has 3 rings (SSSR count). The van der Waals surface area contributed by atoms with Crippen molar-refractivity contribution in [3.63, 3.8) is 0 Å². The van der Waals surface area contributed by atoms with Crippen molar-refractivity contribution >= 4 is 0 Å². The number of nitrogens with zero attached hydrogens (tertiary/aromatic N) is 1. The number of hydrogen-bond acceptors (Lipinski definition) is 3. The van der Waals surface area contributed by atoms with Crippen molar-refractivity contribution in [2.75, 3.05) is 26.2 Å². The van der Waals surface area contributed by atoms with Gasteiger partial charge in [0.25, 0.3) is 0 Å². The number of hydrogen-bond donors (Lipinski definition) is 1. The van der Waals surface area contributed by atoms with Crippen LogP contribution in [0.5, 0.6) is 0 Å². The normalized spacial score (nSPS) is 41.1. The monoisotopic (exact) mass is 280 g/mol. The van der Waals surface area contributed by atoms with Gasteiger partial charge in [-0.1, -0.05) is 19.3 Å². The summed E-state index contributed by atoms with van der Waals surface area (Å²) in [7, 11) is 0. The molecule has 116 valence electrons. The van der Waals surface area contributed by atoms with Crippen LogP contribution in [-0.2, 0) is 4.74 Å². The fourth-order valence-corrected chi connectivity index (χ4v) is 4.37. The number of ether oxygens (including phenoxy) is 1. The van der Waals surface area contributed by atoms with E-state index in [0.717, 1.165) is 24.5 Å². The minimum atomic E-state index is 0.463. The average molecular weight is 280 g/mol. The van der Waals surface area contributed by atoms with E-state index in [-0.39, 0.29) is 0 Å². The zero-order valence-electron chi connectivity index (χ0n) is 13.3. The van der Waals surface area contributed by atoms with E-state index >= 15 is 0 Å². The van der Waals surface area contributed by atoms with Crippen molar-refractivity contribution in [1.29, 1.82) is 0 Å². The zero-order valence-corrected chi connectivity index (χ0v) is 13.3. The Hall–Kier alpha value is -0.120. The molecule has 0 radical (unpaired) electrons. The van der Waals surface area contributed by atoms with Gasteiger partial charge in [0, 0.05) is 38.3 Å². The third-order valence-electron chi connectivity index (χ3n) is 5.95. The fraction of sp³-hybridized carbons (Fsp3) is 1.00. The summed E-state index contributed by atoms with van der Waals surface area (Å²) in [6, 6.07) is 1.42. The predicted octanol–water partition coefficient (Wildman–Crippen LogP) is 2.65. The number of nitrogens with one attached hydrogen (secondary N) is 1. The maximum absolute atomic E-state index is 5.74. The molecule has 0 aromatic heterocycles. The Kier molecular flexibility index (Phi) is 5.00. The molecule has 4 atom stereocenters. The van der Waals surface area contributed by atoms with E-state index in [2.05, 4.69) is 24.1 Å². The van der Waals surface area contributed by atoms with Crippen molar-refractivity contribution in [1.82, 2.24) is 10.2 Å². The molecule has 1 saturated carbocycles. The average Bonchev–Trinajstić information content (AvgIpc) is 2.88. The second-order valence-electron chi connectivity index (χ2n) is 7.34. The van der Waals surface area contributed by atoms with E-state index in [1.807, 2.05) is 0 Å². The summed E-state index contributed by atoms with van der Waals surface area (Å²) in [5.41, 5.74) is 0. The Morgan fingerprint density at radius 2 is 1.90 bits per heavy atom. The number of rotatable bonds is 3. The van der Waals surface area contributed by atoms with E-state index in [1.54, 1.807) is 0 Å². The third-order valence-corrected chi connectivity index (χ3v) is 5.95. The van der Waals surface area contributed by atoms with E-state index in [9.17, 15) is 0 Å². The number of piperazine rings is 1. The van der Waals surface area contributed by atoms with Gasteiger partial charge in [-0.15, -0.1) is 0 Å². The van der Waals surface area contributed by atoms with Gasteiger partial charge in [0.15, 0.2) is 0 Å². The fourth-order valence-electron chi connectivity index (χ4n) is 4.37. The van der Waals surface area contributed by atoms with E-state index in [0.29, 0.717) is 12.1 Å². The van der Waals surface area contributed by atoms with Gasteiger partial charge in [-0.2, -0.15) is 0 Å². The van der Waals surface area contributed by atoms with Gasteiger partial charge in [0.05, 0.1) is 6.10 Å².